The molecule has 2 heteroatoms. The third-order valence-corrected chi connectivity index (χ3v) is 9.17. The normalized spacial score (nSPS) is 12.6. The van der Waals surface area contributed by atoms with Crippen LogP contribution in [-0.2, 0) is 0 Å². The van der Waals surface area contributed by atoms with Crippen LogP contribution in [0.2, 0.25) is 0 Å². The maximum atomic E-state index is 3.49. The van der Waals surface area contributed by atoms with Crippen LogP contribution in [0, 0.1) is 5.92 Å². The van der Waals surface area contributed by atoms with E-state index in [0.717, 1.165) is 5.92 Å². The zero-order chi connectivity index (χ0) is 24.5. The lowest BCUT2D eigenvalue weighted by Gasteiger charge is -2.39. The van der Waals surface area contributed by atoms with Crippen LogP contribution in [0.1, 0.15) is 195 Å². The van der Waals surface area contributed by atoms with E-state index in [9.17, 15) is 0 Å². The van der Waals surface area contributed by atoms with E-state index in [1.165, 1.54) is 167 Å². The quantitative estimate of drug-likeness (QED) is 0.0773. The molecule has 0 saturated heterocycles. The SMILES string of the molecule is CCCCCCCCCCCCC(CCCCCC)C(P)(CCCCCC)CCCCCC.F. The van der Waals surface area contributed by atoms with Crippen LogP contribution in [0.4, 0.5) is 4.70 Å². The van der Waals surface area contributed by atoms with E-state index in [2.05, 4.69) is 36.9 Å². The van der Waals surface area contributed by atoms with Gasteiger partial charge in [-0.3, -0.25) is 4.70 Å². The first-order chi connectivity index (χ1) is 16.1. The molecular weight excluding hydrogens is 434 g/mol. The molecule has 0 aromatic rings. The van der Waals surface area contributed by atoms with Gasteiger partial charge in [0.15, 0.2) is 0 Å². The van der Waals surface area contributed by atoms with Crippen molar-refractivity contribution in [3.63, 3.8) is 0 Å². The standard InChI is InChI=1S/C32H67P.FH/c1-5-9-13-17-18-19-20-21-22-24-28-31(27-23-14-10-6-2)32(33,29-25-15-11-7-3)30-26-16-12-8-4;/h31H,5-30,33H2,1-4H3;1H. The molecule has 0 aromatic carbocycles. The van der Waals surface area contributed by atoms with Gasteiger partial charge in [0.25, 0.3) is 0 Å². The molecule has 0 aliphatic heterocycles. The Hall–Kier alpha value is 0.360. The lowest BCUT2D eigenvalue weighted by molar-refractivity contribution is 0.270. The fourth-order valence-electron chi connectivity index (χ4n) is 5.71. The van der Waals surface area contributed by atoms with Gasteiger partial charge in [-0.15, -0.1) is 9.24 Å². The molecule has 0 bridgehead atoms. The van der Waals surface area contributed by atoms with Gasteiger partial charge in [0.05, 0.1) is 0 Å². The highest BCUT2D eigenvalue weighted by Crippen LogP contribution is 2.44. The zero-order valence-electron chi connectivity index (χ0n) is 24.4. The summed E-state index contributed by atoms with van der Waals surface area (Å²) in [7, 11) is 3.49. The van der Waals surface area contributed by atoms with E-state index in [0.29, 0.717) is 5.16 Å². The average molecular weight is 503 g/mol. The van der Waals surface area contributed by atoms with Gasteiger partial charge in [-0.05, 0) is 36.8 Å². The average Bonchev–Trinajstić information content (AvgIpc) is 2.82. The molecule has 2 unspecified atom stereocenters. The molecule has 208 valence electrons. The molecule has 2 atom stereocenters. The van der Waals surface area contributed by atoms with Crippen LogP contribution in [0.3, 0.4) is 0 Å². The summed E-state index contributed by atoms with van der Waals surface area (Å²) >= 11 is 0. The van der Waals surface area contributed by atoms with Gasteiger partial charge in [-0.1, -0.05) is 169 Å². The lowest BCUT2D eigenvalue weighted by atomic mass is 9.77. The second kappa shape index (κ2) is 27.9. The van der Waals surface area contributed by atoms with Crippen LogP contribution in [0.15, 0.2) is 0 Å². The molecule has 0 radical (unpaired) electrons. The summed E-state index contributed by atoms with van der Waals surface area (Å²) in [5.41, 5.74) is 0. The predicted octanol–water partition coefficient (Wildman–Crippen LogP) is 12.6. The fraction of sp³-hybridized carbons (Fsp3) is 1.00. The van der Waals surface area contributed by atoms with E-state index >= 15 is 0 Å². The van der Waals surface area contributed by atoms with Gasteiger partial charge in [0.2, 0.25) is 0 Å². The fourth-order valence-corrected chi connectivity index (χ4v) is 6.45. The summed E-state index contributed by atoms with van der Waals surface area (Å²) in [4.78, 5) is 0. The Bertz CT molecular complexity index is 358. The van der Waals surface area contributed by atoms with Gasteiger partial charge < -0.3 is 0 Å². The maximum absolute atomic E-state index is 3.49. The van der Waals surface area contributed by atoms with E-state index < -0.39 is 0 Å². The largest absolute Gasteiger partial charge is 0.269 e. The lowest BCUT2D eigenvalue weighted by Crippen LogP contribution is -2.32. The second-order valence-corrected chi connectivity index (χ2v) is 12.5. The van der Waals surface area contributed by atoms with Crippen molar-refractivity contribution >= 4 is 9.24 Å². The van der Waals surface area contributed by atoms with Crippen molar-refractivity contribution in [1.29, 1.82) is 0 Å². The molecule has 0 rings (SSSR count). The molecule has 0 spiro atoms. The Morgan fingerprint density at radius 2 is 0.676 bits per heavy atom. The van der Waals surface area contributed by atoms with Gasteiger partial charge >= 0.3 is 0 Å². The number of hydrogen-bond donors (Lipinski definition) is 0. The topological polar surface area (TPSA) is 0 Å². The van der Waals surface area contributed by atoms with Crippen molar-refractivity contribution < 1.29 is 4.70 Å². The van der Waals surface area contributed by atoms with Crippen molar-refractivity contribution in [2.24, 2.45) is 5.92 Å². The summed E-state index contributed by atoms with van der Waals surface area (Å²) in [6.07, 6.45) is 37.6. The summed E-state index contributed by atoms with van der Waals surface area (Å²) in [5, 5.41) is 0.521. The minimum absolute atomic E-state index is 0. The summed E-state index contributed by atoms with van der Waals surface area (Å²) in [5.74, 6) is 0.941. The first-order valence-electron chi connectivity index (χ1n) is 15.9. The van der Waals surface area contributed by atoms with E-state index in [1.54, 1.807) is 0 Å². The van der Waals surface area contributed by atoms with Crippen LogP contribution in [0.5, 0.6) is 0 Å². The molecule has 0 heterocycles. The summed E-state index contributed by atoms with van der Waals surface area (Å²) in [6, 6.07) is 0. The van der Waals surface area contributed by atoms with Crippen LogP contribution in [0.25, 0.3) is 0 Å². The van der Waals surface area contributed by atoms with Crippen molar-refractivity contribution in [3.8, 4) is 0 Å². The molecule has 0 fully saturated rings. The van der Waals surface area contributed by atoms with Crippen molar-refractivity contribution in [1.82, 2.24) is 0 Å². The smallest absolute Gasteiger partial charge is 0.0122 e. The van der Waals surface area contributed by atoms with Crippen molar-refractivity contribution in [3.05, 3.63) is 0 Å². The monoisotopic (exact) mass is 503 g/mol. The second-order valence-electron chi connectivity index (χ2n) is 11.4. The van der Waals surface area contributed by atoms with Crippen LogP contribution in [-0.4, -0.2) is 5.16 Å². The molecule has 0 amide bonds. The van der Waals surface area contributed by atoms with E-state index in [4.69, 9.17) is 0 Å². The molecule has 0 aliphatic rings. The maximum Gasteiger partial charge on any atom is -0.0122 e. The number of halogens is 1. The summed E-state index contributed by atoms with van der Waals surface area (Å²) in [6.45, 7) is 9.36. The summed E-state index contributed by atoms with van der Waals surface area (Å²) < 4.78 is 0. The Kier molecular flexibility index (Phi) is 30.0. The minimum atomic E-state index is 0. The van der Waals surface area contributed by atoms with E-state index in [-0.39, 0.29) is 4.70 Å². The highest BCUT2D eigenvalue weighted by atomic mass is 31.0. The molecule has 0 nitrogen and oxygen atoms in total. The van der Waals surface area contributed by atoms with Crippen molar-refractivity contribution in [2.75, 3.05) is 0 Å². The third-order valence-electron chi connectivity index (χ3n) is 8.12. The Balaban J connectivity index is 0. The molecule has 0 aliphatic carbocycles. The Morgan fingerprint density at radius 1 is 0.412 bits per heavy atom. The highest BCUT2D eigenvalue weighted by Gasteiger charge is 2.32. The Labute approximate surface area is 219 Å². The van der Waals surface area contributed by atoms with Crippen molar-refractivity contribution in [2.45, 2.75) is 200 Å². The first-order valence-corrected chi connectivity index (χ1v) is 16.5. The highest BCUT2D eigenvalue weighted by molar-refractivity contribution is 7.19. The molecule has 0 saturated carbocycles. The van der Waals surface area contributed by atoms with Gasteiger partial charge in [-0.25, -0.2) is 0 Å². The number of rotatable bonds is 27. The molecule has 0 N–H and O–H groups in total. The van der Waals surface area contributed by atoms with E-state index in [1.807, 2.05) is 0 Å². The first kappa shape index (κ1) is 36.5. The third kappa shape index (κ3) is 21.6. The molecule has 34 heavy (non-hydrogen) atoms. The Morgan fingerprint density at radius 3 is 1.03 bits per heavy atom. The minimum Gasteiger partial charge on any atom is -0.269 e. The predicted molar refractivity (Wildman–Crippen MR) is 161 cm³/mol. The number of hydrogen-bond acceptors (Lipinski definition) is 0. The van der Waals surface area contributed by atoms with Gasteiger partial charge in [-0.2, -0.15) is 0 Å². The van der Waals surface area contributed by atoms with Crippen LogP contribution < -0.4 is 0 Å². The molecular formula is C32H68FP. The van der Waals surface area contributed by atoms with Gasteiger partial charge in [0, 0.05) is 0 Å². The zero-order valence-corrected chi connectivity index (χ0v) is 25.6. The van der Waals surface area contributed by atoms with Crippen LogP contribution >= 0.6 is 9.24 Å². The van der Waals surface area contributed by atoms with Gasteiger partial charge in [0.1, 0.15) is 0 Å². The number of unbranched alkanes of at least 4 members (excludes halogenated alkanes) is 18. The molecule has 0 aromatic heterocycles.